The SMILES string of the molecule is C=CCC(N)c1nc(C2CN(CCC)CCO2)no1. The Morgan fingerprint density at radius 3 is 3.21 bits per heavy atom. The van der Waals surface area contributed by atoms with E-state index in [-0.39, 0.29) is 12.1 Å². The molecule has 0 aromatic carbocycles. The largest absolute Gasteiger partial charge is 0.367 e. The quantitative estimate of drug-likeness (QED) is 0.785. The van der Waals surface area contributed by atoms with Gasteiger partial charge in [0.2, 0.25) is 11.7 Å². The van der Waals surface area contributed by atoms with Crippen molar-refractivity contribution < 1.29 is 9.26 Å². The van der Waals surface area contributed by atoms with E-state index in [1.807, 2.05) is 0 Å². The van der Waals surface area contributed by atoms with Crippen LogP contribution in [0, 0.1) is 0 Å². The normalized spacial score (nSPS) is 22.3. The van der Waals surface area contributed by atoms with Gasteiger partial charge in [0.1, 0.15) is 6.10 Å². The summed E-state index contributed by atoms with van der Waals surface area (Å²) in [5.74, 6) is 1.04. The highest BCUT2D eigenvalue weighted by molar-refractivity contribution is 4.98. The topological polar surface area (TPSA) is 77.4 Å². The molecule has 19 heavy (non-hydrogen) atoms. The highest BCUT2D eigenvalue weighted by Crippen LogP contribution is 2.21. The van der Waals surface area contributed by atoms with Crippen molar-refractivity contribution in [2.24, 2.45) is 5.73 Å². The first-order valence-corrected chi connectivity index (χ1v) is 6.78. The number of morpholine rings is 1. The third-order valence-corrected chi connectivity index (χ3v) is 3.17. The van der Waals surface area contributed by atoms with E-state index >= 15 is 0 Å². The molecule has 6 heteroatoms. The summed E-state index contributed by atoms with van der Waals surface area (Å²) in [4.78, 5) is 6.70. The molecule has 2 N–H and O–H groups in total. The van der Waals surface area contributed by atoms with Crippen molar-refractivity contribution in [3.8, 4) is 0 Å². The second-order valence-electron chi connectivity index (χ2n) is 4.78. The number of hydrogen-bond acceptors (Lipinski definition) is 6. The van der Waals surface area contributed by atoms with E-state index in [0.29, 0.717) is 24.7 Å². The zero-order chi connectivity index (χ0) is 13.7. The van der Waals surface area contributed by atoms with Crippen molar-refractivity contribution in [2.75, 3.05) is 26.2 Å². The molecule has 0 spiro atoms. The lowest BCUT2D eigenvalue weighted by atomic mass is 10.2. The lowest BCUT2D eigenvalue weighted by Crippen LogP contribution is -2.39. The van der Waals surface area contributed by atoms with E-state index in [4.69, 9.17) is 15.0 Å². The number of aromatic nitrogens is 2. The van der Waals surface area contributed by atoms with Crippen LogP contribution >= 0.6 is 0 Å². The van der Waals surface area contributed by atoms with Gasteiger partial charge in [-0.3, -0.25) is 4.90 Å². The second-order valence-corrected chi connectivity index (χ2v) is 4.78. The summed E-state index contributed by atoms with van der Waals surface area (Å²) in [5, 5.41) is 3.99. The number of nitrogens with zero attached hydrogens (tertiary/aromatic N) is 3. The third kappa shape index (κ3) is 3.62. The molecule has 0 amide bonds. The lowest BCUT2D eigenvalue weighted by molar-refractivity contribution is -0.0350. The summed E-state index contributed by atoms with van der Waals surface area (Å²) in [6, 6.07) is -0.283. The Labute approximate surface area is 113 Å². The van der Waals surface area contributed by atoms with Crippen molar-refractivity contribution in [2.45, 2.75) is 31.9 Å². The summed E-state index contributed by atoms with van der Waals surface area (Å²) in [6.07, 6.45) is 3.38. The molecule has 1 aliphatic heterocycles. The number of hydrogen-bond donors (Lipinski definition) is 1. The monoisotopic (exact) mass is 266 g/mol. The lowest BCUT2D eigenvalue weighted by Gasteiger charge is -2.30. The Balaban J connectivity index is 1.99. The van der Waals surface area contributed by atoms with E-state index in [1.165, 1.54) is 0 Å². The maximum Gasteiger partial charge on any atom is 0.243 e. The summed E-state index contributed by atoms with van der Waals surface area (Å²) in [6.45, 7) is 9.37. The minimum atomic E-state index is -0.283. The first kappa shape index (κ1) is 14.2. The van der Waals surface area contributed by atoms with Crippen LogP contribution in [0.5, 0.6) is 0 Å². The predicted octanol–water partition coefficient (Wildman–Crippen LogP) is 1.43. The van der Waals surface area contributed by atoms with Gasteiger partial charge in [-0.05, 0) is 19.4 Å². The van der Waals surface area contributed by atoms with Crippen LogP contribution in [0.15, 0.2) is 17.2 Å². The first-order chi connectivity index (χ1) is 9.24. The van der Waals surface area contributed by atoms with Crippen molar-refractivity contribution in [3.63, 3.8) is 0 Å². The first-order valence-electron chi connectivity index (χ1n) is 6.78. The Kier molecular flexibility index (Phi) is 5.07. The molecule has 0 saturated carbocycles. The van der Waals surface area contributed by atoms with Crippen molar-refractivity contribution in [1.29, 1.82) is 0 Å². The Hall–Kier alpha value is -1.24. The van der Waals surface area contributed by atoms with Gasteiger partial charge in [0.05, 0.1) is 12.6 Å². The molecule has 1 fully saturated rings. The van der Waals surface area contributed by atoms with Crippen LogP contribution < -0.4 is 5.73 Å². The molecule has 0 aliphatic carbocycles. The number of nitrogens with two attached hydrogens (primary N) is 1. The molecular weight excluding hydrogens is 244 g/mol. The molecule has 1 aromatic heterocycles. The van der Waals surface area contributed by atoms with Crippen molar-refractivity contribution >= 4 is 0 Å². The van der Waals surface area contributed by atoms with Gasteiger partial charge < -0.3 is 15.0 Å². The molecule has 6 nitrogen and oxygen atoms in total. The Morgan fingerprint density at radius 1 is 1.63 bits per heavy atom. The maximum absolute atomic E-state index is 5.90. The van der Waals surface area contributed by atoms with Gasteiger partial charge in [0.15, 0.2) is 0 Å². The number of rotatable bonds is 6. The van der Waals surface area contributed by atoms with Gasteiger partial charge in [-0.2, -0.15) is 4.98 Å². The van der Waals surface area contributed by atoms with Crippen LogP contribution in [0.2, 0.25) is 0 Å². The zero-order valence-electron chi connectivity index (χ0n) is 11.4. The van der Waals surface area contributed by atoms with Crippen LogP contribution in [0.1, 0.15) is 43.6 Å². The van der Waals surface area contributed by atoms with E-state index in [0.717, 1.165) is 26.1 Å². The smallest absolute Gasteiger partial charge is 0.243 e. The van der Waals surface area contributed by atoms with Crippen LogP contribution in [-0.4, -0.2) is 41.3 Å². The molecular formula is C13H22N4O2. The minimum Gasteiger partial charge on any atom is -0.367 e. The highest BCUT2D eigenvalue weighted by Gasteiger charge is 2.26. The molecule has 1 aliphatic rings. The fourth-order valence-electron chi connectivity index (χ4n) is 2.19. The van der Waals surface area contributed by atoms with Gasteiger partial charge in [0.25, 0.3) is 0 Å². The summed E-state index contributed by atoms with van der Waals surface area (Å²) >= 11 is 0. The van der Waals surface area contributed by atoms with Gasteiger partial charge >= 0.3 is 0 Å². The molecule has 2 atom stereocenters. The minimum absolute atomic E-state index is 0.117. The zero-order valence-corrected chi connectivity index (χ0v) is 11.4. The van der Waals surface area contributed by atoms with Gasteiger partial charge in [-0.1, -0.05) is 18.2 Å². The molecule has 106 valence electrons. The van der Waals surface area contributed by atoms with Crippen LogP contribution in [-0.2, 0) is 4.74 Å². The van der Waals surface area contributed by atoms with Crippen LogP contribution in [0.4, 0.5) is 0 Å². The van der Waals surface area contributed by atoms with Gasteiger partial charge in [0, 0.05) is 13.1 Å². The van der Waals surface area contributed by atoms with Crippen LogP contribution in [0.25, 0.3) is 0 Å². The van der Waals surface area contributed by atoms with E-state index < -0.39 is 0 Å². The third-order valence-electron chi connectivity index (χ3n) is 3.17. The maximum atomic E-state index is 5.90. The molecule has 2 rings (SSSR count). The van der Waals surface area contributed by atoms with Crippen LogP contribution in [0.3, 0.4) is 0 Å². The fraction of sp³-hybridized carbons (Fsp3) is 0.692. The summed E-state index contributed by atoms with van der Waals surface area (Å²) < 4.78 is 10.9. The summed E-state index contributed by atoms with van der Waals surface area (Å²) in [5.41, 5.74) is 5.90. The fourth-order valence-corrected chi connectivity index (χ4v) is 2.19. The van der Waals surface area contributed by atoms with E-state index in [9.17, 15) is 0 Å². The second kappa shape index (κ2) is 6.79. The van der Waals surface area contributed by atoms with Crippen molar-refractivity contribution in [3.05, 3.63) is 24.4 Å². The Bertz CT molecular complexity index is 405. The van der Waals surface area contributed by atoms with E-state index in [1.54, 1.807) is 6.08 Å². The highest BCUT2D eigenvalue weighted by atomic mass is 16.5. The molecule has 0 radical (unpaired) electrons. The molecule has 2 heterocycles. The average Bonchev–Trinajstić information content (AvgIpc) is 2.89. The standard InChI is InChI=1S/C13H22N4O2/c1-3-5-10(14)13-15-12(16-19-13)11-9-17(6-4-2)7-8-18-11/h3,10-11H,1,4-9,14H2,2H3. The van der Waals surface area contributed by atoms with Gasteiger partial charge in [-0.15, -0.1) is 6.58 Å². The summed E-state index contributed by atoms with van der Waals surface area (Å²) in [7, 11) is 0. The average molecular weight is 266 g/mol. The number of ether oxygens (including phenoxy) is 1. The molecule has 1 saturated heterocycles. The predicted molar refractivity (Wildman–Crippen MR) is 71.5 cm³/mol. The molecule has 2 unspecified atom stereocenters. The van der Waals surface area contributed by atoms with Gasteiger partial charge in [-0.25, -0.2) is 0 Å². The molecule has 1 aromatic rings. The van der Waals surface area contributed by atoms with E-state index in [2.05, 4.69) is 28.5 Å². The molecule has 0 bridgehead atoms. The van der Waals surface area contributed by atoms with Crippen molar-refractivity contribution in [1.82, 2.24) is 15.0 Å². The Morgan fingerprint density at radius 2 is 2.47 bits per heavy atom.